The fourth-order valence-electron chi connectivity index (χ4n) is 1.30. The molecule has 1 aromatic rings. The number of hydrogen-bond donors (Lipinski definition) is 0. The summed E-state index contributed by atoms with van der Waals surface area (Å²) in [6.45, 7) is 11.6. The molecule has 106 valence electrons. The van der Waals surface area contributed by atoms with Crippen molar-refractivity contribution in [3.63, 3.8) is 0 Å². The van der Waals surface area contributed by atoms with Gasteiger partial charge in [0.25, 0.3) is 5.69 Å². The number of aromatic nitrogens is 1. The van der Waals surface area contributed by atoms with Crippen molar-refractivity contribution in [2.75, 3.05) is 6.61 Å². The molecule has 0 fully saturated rings. The van der Waals surface area contributed by atoms with Crippen LogP contribution in [0.3, 0.4) is 0 Å². The lowest BCUT2D eigenvalue weighted by atomic mass is 10.2. The third-order valence-electron chi connectivity index (χ3n) is 3.65. The minimum absolute atomic E-state index is 0.0223. The Hall–Kier alpha value is -1.27. The quantitative estimate of drug-likeness (QED) is 0.470. The maximum absolute atomic E-state index is 10.5. The van der Waals surface area contributed by atoms with Gasteiger partial charge < -0.3 is 4.43 Å². The number of hydrogen-bond acceptors (Lipinski definition) is 4. The van der Waals surface area contributed by atoms with Crippen LogP contribution in [0.4, 0.5) is 5.69 Å². The van der Waals surface area contributed by atoms with Gasteiger partial charge >= 0.3 is 0 Å². The van der Waals surface area contributed by atoms with Gasteiger partial charge in [-0.05, 0) is 24.2 Å². The summed E-state index contributed by atoms with van der Waals surface area (Å²) in [7, 11) is -1.72. The molecule has 0 atom stereocenters. The fourth-order valence-corrected chi connectivity index (χ4v) is 2.35. The topological polar surface area (TPSA) is 65.3 Å². The van der Waals surface area contributed by atoms with Crippen molar-refractivity contribution >= 4 is 14.0 Å². The van der Waals surface area contributed by atoms with Gasteiger partial charge in [-0.3, -0.25) is 15.1 Å². The van der Waals surface area contributed by atoms with Crippen LogP contribution < -0.4 is 0 Å². The average molecular weight is 282 g/mol. The summed E-state index contributed by atoms with van der Waals surface area (Å²) in [5.41, 5.74) is 0.846. The van der Waals surface area contributed by atoms with E-state index in [-0.39, 0.29) is 10.7 Å². The highest BCUT2D eigenvalue weighted by Crippen LogP contribution is 2.36. The molecule has 0 aromatic carbocycles. The first-order valence-electron chi connectivity index (χ1n) is 6.37. The Kier molecular flexibility index (Phi) is 4.81. The van der Waals surface area contributed by atoms with Gasteiger partial charge in [0.05, 0.1) is 4.92 Å². The summed E-state index contributed by atoms with van der Waals surface area (Å²) in [5, 5.41) is 10.7. The molecule has 1 aromatic heterocycles. The van der Waals surface area contributed by atoms with E-state index in [9.17, 15) is 10.1 Å². The lowest BCUT2D eigenvalue weighted by Crippen LogP contribution is -2.41. The first kappa shape index (κ1) is 15.8. The fraction of sp³-hybridized carbons (Fsp3) is 0.615. The summed E-state index contributed by atoms with van der Waals surface area (Å²) >= 11 is 0. The van der Waals surface area contributed by atoms with Gasteiger partial charge in [-0.1, -0.05) is 20.8 Å². The highest BCUT2D eigenvalue weighted by atomic mass is 28.4. The normalized spacial score (nSPS) is 12.5. The molecule has 0 unspecified atom stereocenters. The second kappa shape index (κ2) is 5.79. The molecule has 0 bridgehead atoms. The lowest BCUT2D eigenvalue weighted by Gasteiger charge is -2.36. The van der Waals surface area contributed by atoms with Gasteiger partial charge in [0.15, 0.2) is 8.32 Å². The van der Waals surface area contributed by atoms with Gasteiger partial charge in [-0.25, -0.2) is 0 Å². The summed E-state index contributed by atoms with van der Waals surface area (Å²) in [6.07, 6.45) is 1.98. The predicted octanol–water partition coefficient (Wildman–Crippen LogP) is 3.55. The monoisotopic (exact) mass is 282 g/mol. The summed E-state index contributed by atoms with van der Waals surface area (Å²) in [4.78, 5) is 14.1. The van der Waals surface area contributed by atoms with Crippen molar-refractivity contribution in [2.45, 2.75) is 45.3 Å². The standard InChI is InChI=1S/C13H22N2O3Si/c1-13(2,3)19(4,5)18-9-8-11-6-7-12(10-14-11)15(16)17/h6-7,10H,8-9H2,1-5H3. The lowest BCUT2D eigenvalue weighted by molar-refractivity contribution is -0.385. The van der Waals surface area contributed by atoms with Crippen molar-refractivity contribution in [1.29, 1.82) is 0 Å². The molecule has 0 amide bonds. The Morgan fingerprint density at radius 2 is 2.00 bits per heavy atom. The predicted molar refractivity (Wildman–Crippen MR) is 77.7 cm³/mol. The second-order valence-corrected chi connectivity index (χ2v) is 10.9. The number of nitrogens with zero attached hydrogens (tertiary/aromatic N) is 2. The highest BCUT2D eigenvalue weighted by Gasteiger charge is 2.36. The van der Waals surface area contributed by atoms with Crippen molar-refractivity contribution in [3.8, 4) is 0 Å². The average Bonchev–Trinajstić information content (AvgIpc) is 2.28. The van der Waals surface area contributed by atoms with Crippen LogP contribution in [0.5, 0.6) is 0 Å². The minimum Gasteiger partial charge on any atom is -0.416 e. The molecule has 0 aliphatic carbocycles. The molecule has 1 heterocycles. The third-order valence-corrected chi connectivity index (χ3v) is 8.19. The Labute approximate surface area is 115 Å². The largest absolute Gasteiger partial charge is 0.416 e. The van der Waals surface area contributed by atoms with E-state index in [0.29, 0.717) is 13.0 Å². The summed E-state index contributed by atoms with van der Waals surface area (Å²) < 4.78 is 6.04. The zero-order valence-corrected chi connectivity index (χ0v) is 13.3. The van der Waals surface area contributed by atoms with E-state index < -0.39 is 13.2 Å². The van der Waals surface area contributed by atoms with Crippen molar-refractivity contribution < 1.29 is 9.35 Å². The highest BCUT2D eigenvalue weighted by molar-refractivity contribution is 6.74. The maximum Gasteiger partial charge on any atom is 0.287 e. The van der Waals surface area contributed by atoms with Crippen molar-refractivity contribution in [3.05, 3.63) is 34.1 Å². The SMILES string of the molecule is CC(C)(C)[Si](C)(C)OCCc1ccc([N+](=O)[O-])cn1. The molecular formula is C13H22N2O3Si. The second-order valence-electron chi connectivity index (χ2n) is 6.12. The van der Waals surface area contributed by atoms with E-state index in [1.165, 1.54) is 12.3 Å². The van der Waals surface area contributed by atoms with Crippen LogP contribution in [-0.4, -0.2) is 24.8 Å². The molecule has 19 heavy (non-hydrogen) atoms. The Balaban J connectivity index is 2.52. The molecule has 0 radical (unpaired) electrons. The van der Waals surface area contributed by atoms with Crippen LogP contribution in [0.1, 0.15) is 26.5 Å². The molecule has 1 rings (SSSR count). The van der Waals surface area contributed by atoms with E-state index in [2.05, 4.69) is 38.8 Å². The Morgan fingerprint density at radius 1 is 1.37 bits per heavy atom. The minimum atomic E-state index is -1.72. The van der Waals surface area contributed by atoms with Crippen LogP contribution in [0.15, 0.2) is 18.3 Å². The van der Waals surface area contributed by atoms with Crippen LogP contribution in [0.2, 0.25) is 18.1 Å². The van der Waals surface area contributed by atoms with Crippen LogP contribution >= 0.6 is 0 Å². The summed E-state index contributed by atoms with van der Waals surface area (Å²) in [5.74, 6) is 0. The maximum atomic E-state index is 10.5. The molecule has 0 saturated carbocycles. The van der Waals surface area contributed by atoms with Gasteiger partial charge in [0.2, 0.25) is 0 Å². The first-order chi connectivity index (χ1) is 8.63. The number of rotatable bonds is 5. The van der Waals surface area contributed by atoms with E-state index in [1.54, 1.807) is 6.07 Å². The zero-order chi connectivity index (χ0) is 14.7. The van der Waals surface area contributed by atoms with Crippen LogP contribution in [0, 0.1) is 10.1 Å². The van der Waals surface area contributed by atoms with Gasteiger partial charge in [0, 0.05) is 24.8 Å². The zero-order valence-electron chi connectivity index (χ0n) is 12.3. The molecule has 5 nitrogen and oxygen atoms in total. The van der Waals surface area contributed by atoms with Crippen molar-refractivity contribution in [2.24, 2.45) is 0 Å². The molecule has 0 N–H and O–H groups in total. The van der Waals surface area contributed by atoms with E-state index in [4.69, 9.17) is 4.43 Å². The van der Waals surface area contributed by atoms with E-state index in [1.807, 2.05) is 0 Å². The molecule has 0 spiro atoms. The van der Waals surface area contributed by atoms with Crippen molar-refractivity contribution in [1.82, 2.24) is 4.98 Å². The Morgan fingerprint density at radius 3 is 2.42 bits per heavy atom. The molecular weight excluding hydrogens is 260 g/mol. The molecule has 6 heteroatoms. The van der Waals surface area contributed by atoms with E-state index in [0.717, 1.165) is 5.69 Å². The number of nitro groups is 1. The number of pyridine rings is 1. The summed E-state index contributed by atoms with van der Waals surface area (Å²) in [6, 6.07) is 3.17. The van der Waals surface area contributed by atoms with Crippen LogP contribution in [-0.2, 0) is 10.8 Å². The Bertz CT molecular complexity index is 438. The molecule has 0 aliphatic heterocycles. The van der Waals surface area contributed by atoms with Crippen LogP contribution in [0.25, 0.3) is 0 Å². The van der Waals surface area contributed by atoms with E-state index >= 15 is 0 Å². The molecule has 0 aliphatic rings. The van der Waals surface area contributed by atoms with Gasteiger partial charge in [0.1, 0.15) is 6.20 Å². The first-order valence-corrected chi connectivity index (χ1v) is 9.27. The van der Waals surface area contributed by atoms with Gasteiger partial charge in [-0.2, -0.15) is 0 Å². The third kappa shape index (κ3) is 4.40. The molecule has 0 saturated heterocycles. The van der Waals surface area contributed by atoms with Gasteiger partial charge in [-0.15, -0.1) is 0 Å². The smallest absolute Gasteiger partial charge is 0.287 e.